The highest BCUT2D eigenvalue weighted by Crippen LogP contribution is 2.20. The Morgan fingerprint density at radius 3 is 2.45 bits per heavy atom. The van der Waals surface area contributed by atoms with E-state index in [2.05, 4.69) is 22.2 Å². The molecule has 0 bridgehead atoms. The Labute approximate surface area is 169 Å². The molecule has 1 N–H and O–H groups in total. The van der Waals surface area contributed by atoms with E-state index >= 15 is 0 Å². The second-order valence-corrected chi connectivity index (χ2v) is 7.30. The minimum absolute atomic E-state index is 0.0744. The van der Waals surface area contributed by atoms with Gasteiger partial charge in [0.05, 0.1) is 11.3 Å². The molecule has 1 saturated heterocycles. The molecule has 0 spiro atoms. The van der Waals surface area contributed by atoms with E-state index in [0.717, 1.165) is 51.3 Å². The van der Waals surface area contributed by atoms with Crippen LogP contribution in [0.5, 0.6) is 0 Å². The zero-order chi connectivity index (χ0) is 20.8. The molecule has 0 aromatic heterocycles. The van der Waals surface area contributed by atoms with E-state index in [4.69, 9.17) is 0 Å². The summed E-state index contributed by atoms with van der Waals surface area (Å²) in [6, 6.07) is 9.43. The van der Waals surface area contributed by atoms with Crippen molar-refractivity contribution in [2.24, 2.45) is 0 Å². The van der Waals surface area contributed by atoms with Gasteiger partial charge in [0.1, 0.15) is 11.6 Å². The van der Waals surface area contributed by atoms with Crippen LogP contribution in [-0.4, -0.2) is 61.3 Å². The first-order valence-electron chi connectivity index (χ1n) is 9.73. The van der Waals surface area contributed by atoms with Gasteiger partial charge in [-0.2, -0.15) is 0 Å². The van der Waals surface area contributed by atoms with Gasteiger partial charge in [0.15, 0.2) is 5.78 Å². The van der Waals surface area contributed by atoms with Crippen LogP contribution in [-0.2, 0) is 0 Å². The summed E-state index contributed by atoms with van der Waals surface area (Å²) < 4.78 is 26.9. The summed E-state index contributed by atoms with van der Waals surface area (Å²) in [5.41, 5.74) is 0.441. The second-order valence-electron chi connectivity index (χ2n) is 7.30. The van der Waals surface area contributed by atoms with Crippen molar-refractivity contribution in [1.29, 1.82) is 0 Å². The largest absolute Gasteiger partial charge is 0.321 e. The van der Waals surface area contributed by atoms with E-state index in [1.165, 1.54) is 0 Å². The normalized spacial score (nSPS) is 15.3. The zero-order valence-electron chi connectivity index (χ0n) is 16.5. The molecule has 0 aliphatic carbocycles. The first kappa shape index (κ1) is 21.1. The number of hydrogen-bond acceptors (Lipinski definition) is 4. The van der Waals surface area contributed by atoms with Crippen molar-refractivity contribution >= 4 is 17.4 Å². The smallest absolute Gasteiger partial charge is 0.258 e. The summed E-state index contributed by atoms with van der Waals surface area (Å²) in [7, 11) is 2.10. The van der Waals surface area contributed by atoms with Crippen molar-refractivity contribution < 1.29 is 18.4 Å². The molecule has 0 saturated carbocycles. The van der Waals surface area contributed by atoms with Crippen molar-refractivity contribution in [2.45, 2.75) is 12.8 Å². The molecule has 3 rings (SSSR count). The van der Waals surface area contributed by atoms with Gasteiger partial charge in [-0.15, -0.1) is 0 Å². The average molecular weight is 401 g/mol. The molecule has 5 nitrogen and oxygen atoms in total. The van der Waals surface area contributed by atoms with Gasteiger partial charge in [-0.25, -0.2) is 8.78 Å². The number of para-hydroxylation sites is 1. The maximum atomic E-state index is 13.9. The van der Waals surface area contributed by atoms with Crippen LogP contribution in [0.4, 0.5) is 14.5 Å². The highest BCUT2D eigenvalue weighted by atomic mass is 19.1. The lowest BCUT2D eigenvalue weighted by molar-refractivity contribution is 0.0968. The number of amides is 1. The number of carbonyl (C=O) groups excluding carboxylic acids is 2. The molecule has 0 radical (unpaired) electrons. The van der Waals surface area contributed by atoms with E-state index in [0.29, 0.717) is 23.7 Å². The molecule has 2 aromatic rings. The number of halogens is 2. The third-order valence-electron chi connectivity index (χ3n) is 5.13. The maximum absolute atomic E-state index is 13.9. The van der Waals surface area contributed by atoms with Crippen LogP contribution in [0.25, 0.3) is 0 Å². The summed E-state index contributed by atoms with van der Waals surface area (Å²) in [5, 5.41) is 2.57. The molecule has 1 aliphatic rings. The van der Waals surface area contributed by atoms with Crippen LogP contribution in [0.3, 0.4) is 0 Å². The van der Waals surface area contributed by atoms with E-state index in [1.807, 2.05) is 0 Å². The Hall–Kier alpha value is -2.64. The number of piperazine rings is 1. The Kier molecular flexibility index (Phi) is 7.06. The fraction of sp³-hybridized carbons (Fsp3) is 0.364. The molecule has 154 valence electrons. The molecule has 0 atom stereocenters. The number of ketones is 1. The van der Waals surface area contributed by atoms with Crippen LogP contribution in [0.1, 0.15) is 33.6 Å². The average Bonchev–Trinajstić information content (AvgIpc) is 2.69. The fourth-order valence-corrected chi connectivity index (χ4v) is 3.37. The first-order chi connectivity index (χ1) is 13.9. The molecule has 1 aliphatic heterocycles. The quantitative estimate of drug-likeness (QED) is 0.723. The molecule has 1 heterocycles. The van der Waals surface area contributed by atoms with E-state index in [9.17, 15) is 18.4 Å². The van der Waals surface area contributed by atoms with Gasteiger partial charge in [0.25, 0.3) is 5.91 Å². The highest BCUT2D eigenvalue weighted by molar-refractivity contribution is 6.09. The van der Waals surface area contributed by atoms with Gasteiger partial charge in [-0.3, -0.25) is 9.59 Å². The van der Waals surface area contributed by atoms with Crippen LogP contribution in [0.15, 0.2) is 42.5 Å². The van der Waals surface area contributed by atoms with Gasteiger partial charge >= 0.3 is 0 Å². The van der Waals surface area contributed by atoms with Crippen LogP contribution >= 0.6 is 0 Å². The number of hydrogen-bond donors (Lipinski definition) is 1. The van der Waals surface area contributed by atoms with Crippen LogP contribution < -0.4 is 5.32 Å². The molecule has 29 heavy (non-hydrogen) atoms. The Bertz CT molecular complexity index is 880. The molecule has 0 unspecified atom stereocenters. The number of nitrogens with zero attached hydrogens (tertiary/aromatic N) is 2. The lowest BCUT2D eigenvalue weighted by Crippen LogP contribution is -2.44. The summed E-state index contributed by atoms with van der Waals surface area (Å²) in [4.78, 5) is 29.7. The lowest BCUT2D eigenvalue weighted by atomic mass is 10.0. The van der Waals surface area contributed by atoms with Gasteiger partial charge in [0, 0.05) is 44.2 Å². The minimum atomic E-state index is -0.946. The predicted octanol–water partition coefficient (Wildman–Crippen LogP) is 3.43. The van der Waals surface area contributed by atoms with Gasteiger partial charge in [-0.05, 0) is 44.3 Å². The van der Waals surface area contributed by atoms with Gasteiger partial charge in [0.2, 0.25) is 0 Å². The minimum Gasteiger partial charge on any atom is -0.321 e. The lowest BCUT2D eigenvalue weighted by Gasteiger charge is -2.32. The van der Waals surface area contributed by atoms with Crippen molar-refractivity contribution in [3.63, 3.8) is 0 Å². The zero-order valence-corrected chi connectivity index (χ0v) is 16.5. The topological polar surface area (TPSA) is 52.6 Å². The van der Waals surface area contributed by atoms with Crippen LogP contribution in [0.2, 0.25) is 0 Å². The number of anilines is 1. The summed E-state index contributed by atoms with van der Waals surface area (Å²) in [6.45, 7) is 4.92. The van der Waals surface area contributed by atoms with Crippen molar-refractivity contribution in [1.82, 2.24) is 9.80 Å². The second kappa shape index (κ2) is 9.71. The summed E-state index contributed by atoms with van der Waals surface area (Å²) >= 11 is 0. The Morgan fingerprint density at radius 1 is 1.00 bits per heavy atom. The number of benzene rings is 2. The number of Topliss-reactive ketones (excluding diaryl/α,β-unsaturated/α-hetero) is 1. The fourth-order valence-electron chi connectivity index (χ4n) is 3.37. The van der Waals surface area contributed by atoms with Crippen molar-refractivity contribution in [2.75, 3.05) is 45.1 Å². The summed E-state index contributed by atoms with van der Waals surface area (Å²) in [5.74, 6) is -2.50. The molecule has 7 heteroatoms. The summed E-state index contributed by atoms with van der Waals surface area (Å²) in [6.07, 6.45) is 1.10. The molecule has 1 fully saturated rings. The number of carbonyl (C=O) groups is 2. The molecular weight excluding hydrogens is 376 g/mol. The van der Waals surface area contributed by atoms with E-state index in [-0.39, 0.29) is 11.3 Å². The van der Waals surface area contributed by atoms with Crippen molar-refractivity contribution in [3.05, 3.63) is 65.2 Å². The maximum Gasteiger partial charge on any atom is 0.258 e. The third-order valence-corrected chi connectivity index (χ3v) is 5.13. The molecular formula is C22H25F2N3O2. The van der Waals surface area contributed by atoms with Crippen molar-refractivity contribution in [3.8, 4) is 0 Å². The number of rotatable bonds is 7. The van der Waals surface area contributed by atoms with E-state index in [1.54, 1.807) is 24.3 Å². The first-order valence-corrected chi connectivity index (χ1v) is 9.73. The molecule has 2 aromatic carbocycles. The Balaban J connectivity index is 1.60. The molecule has 1 amide bonds. The van der Waals surface area contributed by atoms with Crippen LogP contribution in [0, 0.1) is 11.6 Å². The highest BCUT2D eigenvalue weighted by Gasteiger charge is 2.18. The van der Waals surface area contributed by atoms with Gasteiger partial charge in [-0.1, -0.05) is 12.1 Å². The standard InChI is InChI=1S/C22H25F2N3O2/c1-26-11-13-27(14-12-26)10-4-7-21(28)18-5-2-3-6-20(18)25-22(29)17-9-8-16(23)15-19(17)24/h2-3,5-6,8-9,15H,4,7,10-14H2,1H3,(H,25,29). The third kappa shape index (κ3) is 5.68. The number of likely N-dealkylation sites (N-methyl/N-ethyl adjacent to an activating group) is 1. The van der Waals surface area contributed by atoms with E-state index < -0.39 is 17.5 Å². The SMILES string of the molecule is CN1CCN(CCCC(=O)c2ccccc2NC(=O)c2ccc(F)cc2F)CC1. The number of nitrogens with one attached hydrogen (secondary N) is 1. The monoisotopic (exact) mass is 401 g/mol. The van der Waals surface area contributed by atoms with Gasteiger partial charge < -0.3 is 15.1 Å². The predicted molar refractivity (Wildman–Crippen MR) is 108 cm³/mol. The Morgan fingerprint density at radius 2 is 1.72 bits per heavy atom.